The molecule has 0 bridgehead atoms. The Bertz CT molecular complexity index is 593. The molecule has 29 heavy (non-hydrogen) atoms. The molecule has 0 heterocycles. The van der Waals surface area contributed by atoms with Crippen molar-refractivity contribution in [2.24, 2.45) is 40.4 Å². The Morgan fingerprint density at radius 1 is 0.897 bits per heavy atom. The lowest BCUT2D eigenvalue weighted by atomic mass is 9.43. The summed E-state index contributed by atoms with van der Waals surface area (Å²) >= 11 is 0. The lowest BCUT2D eigenvalue weighted by molar-refractivity contribution is -0.168. The number of fused-ring (bicyclic) bond motifs is 3. The van der Waals surface area contributed by atoms with E-state index in [4.69, 9.17) is 0 Å². The van der Waals surface area contributed by atoms with Crippen LogP contribution < -0.4 is 0 Å². The van der Waals surface area contributed by atoms with Gasteiger partial charge in [0.1, 0.15) is 0 Å². The molecule has 2 heteroatoms. The van der Waals surface area contributed by atoms with Gasteiger partial charge in [-0.3, -0.25) is 4.79 Å². The summed E-state index contributed by atoms with van der Waals surface area (Å²) in [7, 11) is 2.13. The average Bonchev–Trinajstić information content (AvgIpc) is 2.72. The lowest BCUT2D eigenvalue weighted by Crippen LogP contribution is -2.59. The largest absolute Gasteiger partial charge is 0.342 e. The molecule has 0 spiro atoms. The summed E-state index contributed by atoms with van der Waals surface area (Å²) in [5, 5.41) is 0. The molecule has 0 radical (unpaired) electrons. The predicted molar refractivity (Wildman–Crippen MR) is 122 cm³/mol. The summed E-state index contributed by atoms with van der Waals surface area (Å²) in [5.74, 6) is 4.65. The molecule has 4 saturated carbocycles. The van der Waals surface area contributed by atoms with Crippen LogP contribution in [0, 0.1) is 40.4 Å². The normalized spacial score (nSPS) is 43.5. The third kappa shape index (κ3) is 3.69. The third-order valence-corrected chi connectivity index (χ3v) is 10.5. The smallest absolute Gasteiger partial charge is 0.228 e. The van der Waals surface area contributed by atoms with Gasteiger partial charge in [-0.05, 0) is 92.8 Å². The molecule has 4 fully saturated rings. The van der Waals surface area contributed by atoms with Crippen LogP contribution in [0.15, 0.2) is 0 Å². The van der Waals surface area contributed by atoms with Crippen molar-refractivity contribution in [2.45, 2.75) is 117 Å². The van der Waals surface area contributed by atoms with E-state index in [-0.39, 0.29) is 5.41 Å². The number of hydrogen-bond acceptors (Lipinski definition) is 1. The van der Waals surface area contributed by atoms with Crippen molar-refractivity contribution in [1.82, 2.24) is 4.90 Å². The van der Waals surface area contributed by atoms with Crippen LogP contribution in [0.2, 0.25) is 0 Å². The van der Waals surface area contributed by atoms with Crippen LogP contribution in [0.1, 0.15) is 111 Å². The van der Waals surface area contributed by atoms with Gasteiger partial charge in [0.25, 0.3) is 0 Å². The zero-order chi connectivity index (χ0) is 20.8. The van der Waals surface area contributed by atoms with Gasteiger partial charge in [0.15, 0.2) is 0 Å². The van der Waals surface area contributed by atoms with Crippen LogP contribution in [0.3, 0.4) is 0 Å². The summed E-state index contributed by atoms with van der Waals surface area (Å²) in [6, 6.07) is 0.499. The number of carbonyl (C=O) groups excluding carboxylic acids is 1. The number of nitrogens with zero attached hydrogens (tertiary/aromatic N) is 1. The SMILES string of the molecule is CC(C)C1CC[C@@H]2C(CCC3[C@]2(C)CCC[C@]3(C)C(=O)N(C)C2CCCCC2)C1. The van der Waals surface area contributed by atoms with Gasteiger partial charge in [0, 0.05) is 18.5 Å². The molecular formula is C27H47NO. The van der Waals surface area contributed by atoms with Crippen LogP contribution in [0.25, 0.3) is 0 Å². The minimum atomic E-state index is -0.126. The maximum Gasteiger partial charge on any atom is 0.228 e. The third-order valence-electron chi connectivity index (χ3n) is 10.5. The molecule has 0 aliphatic heterocycles. The van der Waals surface area contributed by atoms with E-state index in [0.717, 1.165) is 30.1 Å². The standard InChI is InChI=1S/C27H47NO/c1-19(2)20-12-14-23-21(18-20)13-15-24-26(23,3)16-9-17-27(24,4)25(29)28(5)22-10-7-6-8-11-22/h19-24H,6-18H2,1-5H3/t20?,21?,23-,24?,26-,27+/m1/s1. The molecule has 0 aromatic heterocycles. The van der Waals surface area contributed by atoms with Crippen molar-refractivity contribution in [3.05, 3.63) is 0 Å². The van der Waals surface area contributed by atoms with E-state index >= 15 is 0 Å². The van der Waals surface area contributed by atoms with E-state index in [1.54, 1.807) is 0 Å². The second kappa shape index (κ2) is 8.19. The predicted octanol–water partition coefficient (Wildman–Crippen LogP) is 7.07. The molecule has 0 aromatic carbocycles. The van der Waals surface area contributed by atoms with E-state index < -0.39 is 0 Å². The zero-order valence-electron chi connectivity index (χ0n) is 20.0. The first-order valence-electron chi connectivity index (χ1n) is 13.0. The molecule has 3 unspecified atom stereocenters. The quantitative estimate of drug-likeness (QED) is 0.495. The van der Waals surface area contributed by atoms with Gasteiger partial charge in [0.05, 0.1) is 0 Å². The second-order valence-electron chi connectivity index (χ2n) is 12.3. The lowest BCUT2D eigenvalue weighted by Gasteiger charge is -2.62. The van der Waals surface area contributed by atoms with E-state index in [0.29, 0.717) is 23.3 Å². The average molecular weight is 402 g/mol. The fourth-order valence-electron chi connectivity index (χ4n) is 8.77. The molecular weight excluding hydrogens is 354 g/mol. The van der Waals surface area contributed by atoms with Crippen molar-refractivity contribution in [2.75, 3.05) is 7.05 Å². The summed E-state index contributed by atoms with van der Waals surface area (Å²) < 4.78 is 0. The Labute approximate surface area is 180 Å². The fourth-order valence-corrected chi connectivity index (χ4v) is 8.77. The van der Waals surface area contributed by atoms with Crippen LogP contribution in [0.5, 0.6) is 0 Å². The number of rotatable bonds is 3. The second-order valence-corrected chi connectivity index (χ2v) is 12.3. The molecule has 166 valence electrons. The Morgan fingerprint density at radius 2 is 1.62 bits per heavy atom. The molecule has 4 aliphatic carbocycles. The molecule has 4 rings (SSSR count). The minimum Gasteiger partial charge on any atom is -0.342 e. The maximum absolute atomic E-state index is 13.9. The highest BCUT2D eigenvalue weighted by Gasteiger charge is 2.59. The number of hydrogen-bond donors (Lipinski definition) is 0. The van der Waals surface area contributed by atoms with Crippen LogP contribution >= 0.6 is 0 Å². The summed E-state index contributed by atoms with van der Waals surface area (Å²) in [6.45, 7) is 9.83. The number of carbonyl (C=O) groups is 1. The Kier molecular flexibility index (Phi) is 6.13. The van der Waals surface area contributed by atoms with Crippen molar-refractivity contribution in [1.29, 1.82) is 0 Å². The number of amides is 1. The van der Waals surface area contributed by atoms with Crippen molar-refractivity contribution in [3.63, 3.8) is 0 Å². The molecule has 0 saturated heterocycles. The van der Waals surface area contributed by atoms with Gasteiger partial charge in [-0.2, -0.15) is 0 Å². The molecule has 0 aromatic rings. The molecule has 0 N–H and O–H groups in total. The first-order chi connectivity index (χ1) is 13.8. The summed E-state index contributed by atoms with van der Waals surface area (Å²) in [5.41, 5.74) is 0.264. The first-order valence-corrected chi connectivity index (χ1v) is 13.0. The maximum atomic E-state index is 13.9. The van der Waals surface area contributed by atoms with Gasteiger partial charge in [-0.1, -0.05) is 53.4 Å². The van der Waals surface area contributed by atoms with Gasteiger partial charge in [-0.15, -0.1) is 0 Å². The molecule has 4 aliphatic rings. The van der Waals surface area contributed by atoms with Crippen LogP contribution in [-0.4, -0.2) is 23.9 Å². The summed E-state index contributed by atoms with van der Waals surface area (Å²) in [6.07, 6.45) is 17.1. The molecule has 6 atom stereocenters. The minimum absolute atomic E-state index is 0.126. The van der Waals surface area contributed by atoms with Crippen molar-refractivity contribution in [3.8, 4) is 0 Å². The van der Waals surface area contributed by atoms with E-state index in [1.807, 2.05) is 0 Å². The highest BCUT2D eigenvalue weighted by atomic mass is 16.2. The monoisotopic (exact) mass is 401 g/mol. The van der Waals surface area contributed by atoms with E-state index in [2.05, 4.69) is 39.6 Å². The van der Waals surface area contributed by atoms with Crippen LogP contribution in [0.4, 0.5) is 0 Å². The highest BCUT2D eigenvalue weighted by molar-refractivity contribution is 5.83. The highest BCUT2D eigenvalue weighted by Crippen LogP contribution is 2.64. The summed E-state index contributed by atoms with van der Waals surface area (Å²) in [4.78, 5) is 16.2. The van der Waals surface area contributed by atoms with Gasteiger partial charge >= 0.3 is 0 Å². The van der Waals surface area contributed by atoms with E-state index in [9.17, 15) is 4.79 Å². The zero-order valence-corrected chi connectivity index (χ0v) is 20.0. The van der Waals surface area contributed by atoms with Crippen LogP contribution in [-0.2, 0) is 4.79 Å². The Hall–Kier alpha value is -0.530. The molecule has 2 nitrogen and oxygen atoms in total. The fraction of sp³-hybridized carbons (Fsp3) is 0.963. The topological polar surface area (TPSA) is 20.3 Å². The van der Waals surface area contributed by atoms with Gasteiger partial charge in [0.2, 0.25) is 5.91 Å². The van der Waals surface area contributed by atoms with Crippen molar-refractivity contribution < 1.29 is 4.79 Å². The van der Waals surface area contributed by atoms with Gasteiger partial charge in [-0.25, -0.2) is 0 Å². The Balaban J connectivity index is 1.54. The molecule has 1 amide bonds. The first kappa shape index (κ1) is 21.7. The van der Waals surface area contributed by atoms with Crippen molar-refractivity contribution >= 4 is 5.91 Å². The Morgan fingerprint density at radius 3 is 2.31 bits per heavy atom. The van der Waals surface area contributed by atoms with Gasteiger partial charge < -0.3 is 4.90 Å². The van der Waals surface area contributed by atoms with E-state index in [1.165, 1.54) is 77.0 Å².